The molecule has 0 saturated carbocycles. The number of hydrogen-bond acceptors (Lipinski definition) is 4. The zero-order chi connectivity index (χ0) is 20.6. The average Bonchev–Trinajstić information content (AvgIpc) is 2.64. The predicted molar refractivity (Wildman–Crippen MR) is 98.9 cm³/mol. The average molecular weight is 396 g/mol. The highest BCUT2D eigenvalue weighted by Gasteiger charge is 2.29. The Hall–Kier alpha value is -2.81. The first kappa shape index (κ1) is 21.5. The lowest BCUT2D eigenvalue weighted by Crippen LogP contribution is -2.41. The summed E-state index contributed by atoms with van der Waals surface area (Å²) in [5, 5.41) is 5.52. The van der Waals surface area contributed by atoms with Crippen LogP contribution in [0.15, 0.2) is 48.7 Å². The molecular formula is C19H23F3N4O2. The van der Waals surface area contributed by atoms with Gasteiger partial charge in [-0.15, -0.1) is 0 Å². The van der Waals surface area contributed by atoms with E-state index in [-0.39, 0.29) is 18.5 Å². The molecule has 2 N–H and O–H groups in total. The zero-order valence-corrected chi connectivity index (χ0v) is 15.7. The van der Waals surface area contributed by atoms with Crippen LogP contribution in [0.5, 0.6) is 5.88 Å². The van der Waals surface area contributed by atoms with Crippen molar-refractivity contribution in [1.82, 2.24) is 20.5 Å². The van der Waals surface area contributed by atoms with Crippen LogP contribution in [-0.4, -0.2) is 49.3 Å². The summed E-state index contributed by atoms with van der Waals surface area (Å²) >= 11 is 0. The maximum atomic E-state index is 12.4. The second kappa shape index (κ2) is 9.93. The van der Waals surface area contributed by atoms with Gasteiger partial charge in [-0.2, -0.15) is 13.2 Å². The SMILES string of the molecule is CN(C)CC(NC(=O)NCc1cccnc1OCC(F)(F)F)c1ccccc1. The number of ether oxygens (including phenoxy) is 1. The summed E-state index contributed by atoms with van der Waals surface area (Å²) in [5.74, 6) is -0.159. The molecule has 2 aromatic rings. The number of rotatable bonds is 8. The second-order valence-electron chi connectivity index (χ2n) is 6.42. The van der Waals surface area contributed by atoms with Gasteiger partial charge in [0.05, 0.1) is 6.04 Å². The molecular weight excluding hydrogens is 373 g/mol. The van der Waals surface area contributed by atoms with Gasteiger partial charge >= 0.3 is 12.2 Å². The van der Waals surface area contributed by atoms with Crippen molar-refractivity contribution in [2.24, 2.45) is 0 Å². The summed E-state index contributed by atoms with van der Waals surface area (Å²) in [6.45, 7) is -0.872. The van der Waals surface area contributed by atoms with Gasteiger partial charge in [0.25, 0.3) is 0 Å². The van der Waals surface area contributed by atoms with Crippen LogP contribution in [0, 0.1) is 0 Å². The molecule has 1 atom stereocenters. The third-order valence-electron chi connectivity index (χ3n) is 3.72. The Morgan fingerprint density at radius 3 is 2.54 bits per heavy atom. The predicted octanol–water partition coefficient (Wildman–Crippen LogP) is 3.12. The summed E-state index contributed by atoms with van der Waals surface area (Å²) < 4.78 is 41.8. The van der Waals surface area contributed by atoms with Crippen molar-refractivity contribution < 1.29 is 22.7 Å². The molecule has 1 unspecified atom stereocenters. The van der Waals surface area contributed by atoms with Crippen molar-refractivity contribution in [2.75, 3.05) is 27.2 Å². The maximum absolute atomic E-state index is 12.4. The fraction of sp³-hybridized carbons (Fsp3) is 0.368. The van der Waals surface area contributed by atoms with Gasteiger partial charge in [-0.25, -0.2) is 9.78 Å². The highest BCUT2D eigenvalue weighted by Crippen LogP contribution is 2.20. The molecule has 1 aromatic heterocycles. The van der Waals surface area contributed by atoms with Crippen molar-refractivity contribution in [3.8, 4) is 5.88 Å². The number of likely N-dealkylation sites (N-methyl/N-ethyl adjacent to an activating group) is 1. The highest BCUT2D eigenvalue weighted by molar-refractivity contribution is 5.74. The number of carbonyl (C=O) groups is 1. The molecule has 2 amide bonds. The largest absolute Gasteiger partial charge is 0.468 e. The lowest BCUT2D eigenvalue weighted by molar-refractivity contribution is -0.154. The number of nitrogens with one attached hydrogen (secondary N) is 2. The molecule has 1 heterocycles. The minimum Gasteiger partial charge on any atom is -0.468 e. The molecule has 0 aliphatic heterocycles. The van der Waals surface area contributed by atoms with E-state index in [9.17, 15) is 18.0 Å². The van der Waals surface area contributed by atoms with Crippen molar-refractivity contribution in [3.05, 3.63) is 59.8 Å². The van der Waals surface area contributed by atoms with E-state index in [1.54, 1.807) is 12.1 Å². The Morgan fingerprint density at radius 2 is 1.89 bits per heavy atom. The van der Waals surface area contributed by atoms with E-state index in [1.165, 1.54) is 6.20 Å². The molecule has 0 aliphatic rings. The van der Waals surface area contributed by atoms with Crippen molar-refractivity contribution in [1.29, 1.82) is 0 Å². The van der Waals surface area contributed by atoms with Gasteiger partial charge in [0.2, 0.25) is 5.88 Å². The second-order valence-corrected chi connectivity index (χ2v) is 6.42. The highest BCUT2D eigenvalue weighted by atomic mass is 19.4. The number of alkyl halides is 3. The molecule has 28 heavy (non-hydrogen) atoms. The zero-order valence-electron chi connectivity index (χ0n) is 15.7. The lowest BCUT2D eigenvalue weighted by Gasteiger charge is -2.23. The number of hydrogen-bond donors (Lipinski definition) is 2. The number of halogens is 3. The number of carbonyl (C=O) groups excluding carboxylic acids is 1. The first-order chi connectivity index (χ1) is 13.2. The Kier molecular flexibility index (Phi) is 7.62. The first-order valence-electron chi connectivity index (χ1n) is 8.62. The molecule has 0 saturated heterocycles. The van der Waals surface area contributed by atoms with Crippen LogP contribution in [-0.2, 0) is 6.54 Å². The number of nitrogens with zero attached hydrogens (tertiary/aromatic N) is 2. The molecule has 1 aromatic carbocycles. The van der Waals surface area contributed by atoms with Crippen LogP contribution >= 0.6 is 0 Å². The Bertz CT molecular complexity index is 754. The summed E-state index contributed by atoms with van der Waals surface area (Å²) in [5.41, 5.74) is 1.30. The van der Waals surface area contributed by atoms with Crippen molar-refractivity contribution >= 4 is 6.03 Å². The van der Waals surface area contributed by atoms with Crippen LogP contribution in [0.3, 0.4) is 0 Å². The molecule has 9 heteroatoms. The topological polar surface area (TPSA) is 66.5 Å². The third kappa shape index (κ3) is 7.43. The third-order valence-corrected chi connectivity index (χ3v) is 3.72. The molecule has 2 rings (SSSR count). The minimum atomic E-state index is -4.46. The quantitative estimate of drug-likeness (QED) is 0.720. The fourth-order valence-electron chi connectivity index (χ4n) is 2.51. The summed E-state index contributed by atoms with van der Waals surface area (Å²) in [6, 6.07) is 11.9. The van der Waals surface area contributed by atoms with E-state index in [2.05, 4.69) is 15.6 Å². The Labute approximate surface area is 161 Å². The van der Waals surface area contributed by atoms with Crippen molar-refractivity contribution in [2.45, 2.75) is 18.8 Å². The molecule has 0 fully saturated rings. The van der Waals surface area contributed by atoms with Crippen LogP contribution in [0.1, 0.15) is 17.2 Å². The Balaban J connectivity index is 1.97. The van der Waals surface area contributed by atoms with Gasteiger partial charge in [0.1, 0.15) is 0 Å². The number of aromatic nitrogens is 1. The fourth-order valence-corrected chi connectivity index (χ4v) is 2.51. The summed E-state index contributed by atoms with van der Waals surface area (Å²) in [7, 11) is 3.80. The van der Waals surface area contributed by atoms with E-state index in [0.717, 1.165) is 5.56 Å². The van der Waals surface area contributed by atoms with Gasteiger partial charge in [0, 0.05) is 24.8 Å². The molecule has 0 radical (unpaired) electrons. The van der Waals surface area contributed by atoms with Gasteiger partial charge < -0.3 is 20.3 Å². The standard InChI is InChI=1S/C19H23F3N4O2/c1-26(2)12-16(14-7-4-3-5-8-14)25-18(27)24-11-15-9-6-10-23-17(15)28-13-19(20,21)22/h3-10,16H,11-13H2,1-2H3,(H2,24,25,27). The van der Waals surface area contributed by atoms with Crippen molar-refractivity contribution in [3.63, 3.8) is 0 Å². The maximum Gasteiger partial charge on any atom is 0.422 e. The van der Waals surface area contributed by atoms with Gasteiger partial charge in [-0.05, 0) is 25.7 Å². The van der Waals surface area contributed by atoms with Gasteiger partial charge in [0.15, 0.2) is 6.61 Å². The molecule has 0 bridgehead atoms. The molecule has 0 aliphatic carbocycles. The van der Waals surface area contributed by atoms with E-state index >= 15 is 0 Å². The van der Waals surface area contributed by atoms with E-state index in [0.29, 0.717) is 12.1 Å². The van der Waals surface area contributed by atoms with Crippen LogP contribution in [0.4, 0.5) is 18.0 Å². The smallest absolute Gasteiger partial charge is 0.422 e. The Morgan fingerprint density at radius 1 is 1.18 bits per heavy atom. The van der Waals surface area contributed by atoms with Crippen LogP contribution in [0.2, 0.25) is 0 Å². The minimum absolute atomic E-state index is 0.0175. The number of urea groups is 1. The number of amides is 2. The summed E-state index contributed by atoms with van der Waals surface area (Å²) in [6.07, 6.45) is -3.13. The lowest BCUT2D eigenvalue weighted by atomic mass is 10.1. The van der Waals surface area contributed by atoms with E-state index < -0.39 is 18.8 Å². The summed E-state index contributed by atoms with van der Waals surface area (Å²) in [4.78, 5) is 18.1. The molecule has 6 nitrogen and oxygen atoms in total. The number of pyridine rings is 1. The molecule has 0 spiro atoms. The first-order valence-corrected chi connectivity index (χ1v) is 8.62. The normalized spacial score (nSPS) is 12.5. The van der Waals surface area contributed by atoms with E-state index in [1.807, 2.05) is 49.3 Å². The van der Waals surface area contributed by atoms with Gasteiger partial charge in [-0.1, -0.05) is 36.4 Å². The van der Waals surface area contributed by atoms with Crippen LogP contribution in [0.25, 0.3) is 0 Å². The van der Waals surface area contributed by atoms with Gasteiger partial charge in [-0.3, -0.25) is 0 Å². The number of benzene rings is 1. The molecule has 152 valence electrons. The monoisotopic (exact) mass is 396 g/mol. The van der Waals surface area contributed by atoms with Crippen LogP contribution < -0.4 is 15.4 Å². The van der Waals surface area contributed by atoms with E-state index in [4.69, 9.17) is 4.74 Å².